The van der Waals surface area contributed by atoms with E-state index in [0.717, 1.165) is 11.1 Å². The van der Waals surface area contributed by atoms with Crippen molar-refractivity contribution in [3.8, 4) is 5.75 Å². The number of rotatable bonds is 2. The minimum atomic E-state index is -0.714. The maximum absolute atomic E-state index is 13.3. The number of hydrogen-bond donors (Lipinski definition) is 1. The number of anilines is 1. The normalized spacial score (nSPS) is 10.1. The van der Waals surface area contributed by atoms with Crippen LogP contribution in [0.25, 0.3) is 0 Å². The number of aryl methyl sites for hydroxylation is 2. The Kier molecular flexibility index (Phi) is 3.80. The van der Waals surface area contributed by atoms with Crippen LogP contribution in [0.2, 0.25) is 0 Å². The Balaban J connectivity index is 2.05. The number of halogens is 1. The van der Waals surface area contributed by atoms with Crippen molar-refractivity contribution in [2.45, 2.75) is 13.8 Å². The van der Waals surface area contributed by atoms with Crippen molar-refractivity contribution in [2.24, 2.45) is 0 Å². The Bertz CT molecular complexity index is 611. The monoisotopic (exact) mass is 259 g/mol. The Morgan fingerprint density at radius 1 is 1.11 bits per heavy atom. The van der Waals surface area contributed by atoms with Gasteiger partial charge in [-0.1, -0.05) is 18.2 Å². The molecule has 2 aromatic rings. The number of carbonyl (C=O) groups is 1. The first kappa shape index (κ1) is 13.1. The number of nitrogens with one attached hydrogen (secondary N) is 1. The molecule has 0 radical (unpaired) electrons. The van der Waals surface area contributed by atoms with Crippen molar-refractivity contribution in [2.75, 3.05) is 5.32 Å². The zero-order chi connectivity index (χ0) is 13.8. The van der Waals surface area contributed by atoms with E-state index in [1.54, 1.807) is 12.1 Å². The van der Waals surface area contributed by atoms with E-state index in [2.05, 4.69) is 5.32 Å². The lowest BCUT2D eigenvalue weighted by Gasteiger charge is -2.08. The lowest BCUT2D eigenvalue weighted by atomic mass is 10.1. The minimum Gasteiger partial charge on any atom is -0.407 e. The molecule has 19 heavy (non-hydrogen) atoms. The van der Waals surface area contributed by atoms with Crippen LogP contribution < -0.4 is 10.1 Å². The van der Waals surface area contributed by atoms with Gasteiger partial charge in [-0.25, -0.2) is 9.18 Å². The molecule has 0 saturated carbocycles. The van der Waals surface area contributed by atoms with Gasteiger partial charge < -0.3 is 4.74 Å². The molecule has 1 amide bonds. The minimum absolute atomic E-state index is 0.0937. The number of amides is 1. The summed E-state index contributed by atoms with van der Waals surface area (Å²) in [4.78, 5) is 11.6. The molecule has 0 aromatic heterocycles. The van der Waals surface area contributed by atoms with Crippen LogP contribution in [0.15, 0.2) is 42.5 Å². The number of para-hydroxylation sites is 1. The summed E-state index contributed by atoms with van der Waals surface area (Å²) in [5.41, 5.74) is 2.81. The third kappa shape index (κ3) is 3.31. The van der Waals surface area contributed by atoms with Gasteiger partial charge in [0, 0.05) is 5.69 Å². The third-order valence-corrected chi connectivity index (χ3v) is 2.79. The molecule has 0 aliphatic rings. The molecule has 0 fully saturated rings. The molecular formula is C15H14FNO2. The summed E-state index contributed by atoms with van der Waals surface area (Å²) in [6.07, 6.45) is -0.714. The topological polar surface area (TPSA) is 38.3 Å². The maximum Gasteiger partial charge on any atom is 0.417 e. The summed E-state index contributed by atoms with van der Waals surface area (Å²) < 4.78 is 18.2. The van der Waals surface area contributed by atoms with E-state index in [0.29, 0.717) is 5.69 Å². The van der Waals surface area contributed by atoms with Gasteiger partial charge in [0.05, 0.1) is 0 Å². The molecule has 0 aliphatic carbocycles. The van der Waals surface area contributed by atoms with Crippen LogP contribution in [0, 0.1) is 19.7 Å². The molecule has 2 aromatic carbocycles. The van der Waals surface area contributed by atoms with Crippen LogP contribution >= 0.6 is 0 Å². The summed E-state index contributed by atoms with van der Waals surface area (Å²) in [6, 6.07) is 11.3. The van der Waals surface area contributed by atoms with Gasteiger partial charge in [0.15, 0.2) is 11.6 Å². The Hall–Kier alpha value is -2.36. The first-order valence-corrected chi connectivity index (χ1v) is 5.87. The van der Waals surface area contributed by atoms with Gasteiger partial charge in [-0.3, -0.25) is 5.32 Å². The number of ether oxygens (including phenoxy) is 1. The summed E-state index contributed by atoms with van der Waals surface area (Å²) in [5, 5.41) is 2.56. The van der Waals surface area contributed by atoms with Crippen LogP contribution in [0.3, 0.4) is 0 Å². The second kappa shape index (κ2) is 5.52. The van der Waals surface area contributed by atoms with Crippen molar-refractivity contribution in [3.05, 3.63) is 59.4 Å². The standard InChI is InChI=1S/C15H14FNO2/c1-10-7-8-12(9-11(10)2)17-15(18)19-14-6-4-3-5-13(14)16/h3-9H,1-2H3,(H,17,18). The van der Waals surface area contributed by atoms with E-state index in [4.69, 9.17) is 4.74 Å². The molecule has 4 heteroatoms. The lowest BCUT2D eigenvalue weighted by molar-refractivity contribution is 0.213. The predicted octanol–water partition coefficient (Wildman–Crippen LogP) is 4.05. The Labute approximate surface area is 111 Å². The fourth-order valence-corrected chi connectivity index (χ4v) is 1.59. The SMILES string of the molecule is Cc1ccc(NC(=O)Oc2ccccc2F)cc1C. The highest BCUT2D eigenvalue weighted by Crippen LogP contribution is 2.18. The molecule has 0 atom stereocenters. The highest BCUT2D eigenvalue weighted by atomic mass is 19.1. The second-order valence-corrected chi connectivity index (χ2v) is 4.24. The summed E-state index contributed by atoms with van der Waals surface area (Å²) >= 11 is 0. The third-order valence-electron chi connectivity index (χ3n) is 2.79. The number of benzene rings is 2. The van der Waals surface area contributed by atoms with Crippen molar-refractivity contribution in [3.63, 3.8) is 0 Å². The zero-order valence-corrected chi connectivity index (χ0v) is 10.7. The summed E-state index contributed by atoms with van der Waals surface area (Å²) in [5.74, 6) is -0.665. The molecule has 0 heterocycles. The fourth-order valence-electron chi connectivity index (χ4n) is 1.59. The molecule has 98 valence electrons. The summed E-state index contributed by atoms with van der Waals surface area (Å²) in [6.45, 7) is 3.93. The molecule has 2 rings (SSSR count). The molecule has 0 spiro atoms. The highest BCUT2D eigenvalue weighted by Gasteiger charge is 2.09. The van der Waals surface area contributed by atoms with Crippen molar-refractivity contribution in [1.82, 2.24) is 0 Å². The van der Waals surface area contributed by atoms with Crippen LogP contribution in [-0.4, -0.2) is 6.09 Å². The lowest BCUT2D eigenvalue weighted by Crippen LogP contribution is -2.17. The van der Waals surface area contributed by atoms with E-state index < -0.39 is 11.9 Å². The average Bonchev–Trinajstić information content (AvgIpc) is 2.37. The molecule has 0 unspecified atom stereocenters. The van der Waals surface area contributed by atoms with Crippen molar-refractivity contribution < 1.29 is 13.9 Å². The number of carbonyl (C=O) groups excluding carboxylic acids is 1. The van der Waals surface area contributed by atoms with E-state index in [-0.39, 0.29) is 5.75 Å². The van der Waals surface area contributed by atoms with Crippen molar-refractivity contribution in [1.29, 1.82) is 0 Å². The Morgan fingerprint density at radius 3 is 2.53 bits per heavy atom. The first-order chi connectivity index (χ1) is 9.06. The first-order valence-electron chi connectivity index (χ1n) is 5.87. The van der Waals surface area contributed by atoms with Gasteiger partial charge in [0.25, 0.3) is 0 Å². The number of hydrogen-bond acceptors (Lipinski definition) is 2. The smallest absolute Gasteiger partial charge is 0.407 e. The van der Waals surface area contributed by atoms with Crippen molar-refractivity contribution >= 4 is 11.8 Å². The van der Waals surface area contributed by atoms with E-state index in [9.17, 15) is 9.18 Å². The van der Waals surface area contributed by atoms with Crippen LogP contribution in [0.4, 0.5) is 14.9 Å². The van der Waals surface area contributed by atoms with Gasteiger partial charge >= 0.3 is 6.09 Å². The van der Waals surface area contributed by atoms with Gasteiger partial charge in [-0.05, 0) is 49.2 Å². The highest BCUT2D eigenvalue weighted by molar-refractivity contribution is 5.86. The van der Waals surface area contributed by atoms with Crippen LogP contribution in [0.5, 0.6) is 5.75 Å². The quantitative estimate of drug-likeness (QED) is 0.883. The predicted molar refractivity (Wildman–Crippen MR) is 72.0 cm³/mol. The molecular weight excluding hydrogens is 245 g/mol. The summed E-state index contributed by atoms with van der Waals surface area (Å²) in [7, 11) is 0. The maximum atomic E-state index is 13.3. The van der Waals surface area contributed by atoms with Gasteiger partial charge in [0.2, 0.25) is 0 Å². The average molecular weight is 259 g/mol. The van der Waals surface area contributed by atoms with E-state index in [1.165, 1.54) is 18.2 Å². The molecule has 0 aliphatic heterocycles. The van der Waals surface area contributed by atoms with Gasteiger partial charge in [-0.15, -0.1) is 0 Å². The molecule has 3 nitrogen and oxygen atoms in total. The Morgan fingerprint density at radius 2 is 1.84 bits per heavy atom. The molecule has 0 bridgehead atoms. The van der Waals surface area contributed by atoms with Gasteiger partial charge in [-0.2, -0.15) is 0 Å². The molecule has 0 saturated heterocycles. The van der Waals surface area contributed by atoms with Gasteiger partial charge in [0.1, 0.15) is 0 Å². The van der Waals surface area contributed by atoms with E-state index in [1.807, 2.05) is 26.0 Å². The van der Waals surface area contributed by atoms with E-state index >= 15 is 0 Å². The van der Waals surface area contributed by atoms with Crippen LogP contribution in [0.1, 0.15) is 11.1 Å². The largest absolute Gasteiger partial charge is 0.417 e. The fraction of sp³-hybridized carbons (Fsp3) is 0.133. The molecule has 1 N–H and O–H groups in total. The van der Waals surface area contributed by atoms with Crippen LogP contribution in [-0.2, 0) is 0 Å². The zero-order valence-electron chi connectivity index (χ0n) is 10.7. The second-order valence-electron chi connectivity index (χ2n) is 4.24.